The summed E-state index contributed by atoms with van der Waals surface area (Å²) in [5.74, 6) is 8.35. The minimum absolute atomic E-state index is 0.449. The molecule has 1 N–H and O–H groups in total. The third-order valence-corrected chi connectivity index (χ3v) is 5.25. The lowest BCUT2D eigenvalue weighted by Gasteiger charge is -2.24. The molecule has 134 valence electrons. The lowest BCUT2D eigenvalue weighted by atomic mass is 9.95. The first-order chi connectivity index (χ1) is 12.3. The molecule has 0 unspecified atom stereocenters. The zero-order chi connectivity index (χ0) is 17.3. The number of benzene rings is 1. The second kappa shape index (κ2) is 9.51. The van der Waals surface area contributed by atoms with Gasteiger partial charge in [0.1, 0.15) is 5.75 Å². The number of hydrogen-bond donors (Lipinski definition) is 1. The van der Waals surface area contributed by atoms with Crippen molar-refractivity contribution >= 4 is 5.84 Å². The van der Waals surface area contributed by atoms with Crippen molar-refractivity contribution in [2.75, 3.05) is 7.11 Å². The van der Waals surface area contributed by atoms with Crippen molar-refractivity contribution in [3.63, 3.8) is 0 Å². The number of hydrogen-bond acceptors (Lipinski definition) is 2. The summed E-state index contributed by atoms with van der Waals surface area (Å²) in [6, 6.07) is 8.91. The van der Waals surface area contributed by atoms with Gasteiger partial charge in [0.2, 0.25) is 0 Å². The van der Waals surface area contributed by atoms with E-state index in [2.05, 4.69) is 17.2 Å². The number of amidine groups is 1. The van der Waals surface area contributed by atoms with Crippen LogP contribution in [0.15, 0.2) is 29.3 Å². The summed E-state index contributed by atoms with van der Waals surface area (Å²) in [5.41, 5.74) is 1.00. The molecule has 0 aromatic heterocycles. The molecule has 25 heavy (non-hydrogen) atoms. The molecule has 2 saturated carbocycles. The predicted octanol–water partition coefficient (Wildman–Crippen LogP) is 4.70. The van der Waals surface area contributed by atoms with Gasteiger partial charge in [-0.3, -0.25) is 4.99 Å². The van der Waals surface area contributed by atoms with Crippen LogP contribution >= 0.6 is 0 Å². The van der Waals surface area contributed by atoms with E-state index < -0.39 is 0 Å². The lowest BCUT2D eigenvalue weighted by Crippen LogP contribution is -2.36. The molecule has 1 aromatic rings. The van der Waals surface area contributed by atoms with Crippen LogP contribution in [-0.4, -0.2) is 25.0 Å². The number of methoxy groups -OCH3 is 1. The van der Waals surface area contributed by atoms with Crippen LogP contribution in [0.5, 0.6) is 5.75 Å². The molecule has 1 aromatic carbocycles. The molecule has 0 heterocycles. The van der Waals surface area contributed by atoms with Crippen molar-refractivity contribution in [3.05, 3.63) is 29.8 Å². The molecule has 0 radical (unpaired) electrons. The van der Waals surface area contributed by atoms with Crippen LogP contribution < -0.4 is 10.1 Å². The molecule has 2 fully saturated rings. The van der Waals surface area contributed by atoms with Crippen LogP contribution in [-0.2, 0) is 0 Å². The van der Waals surface area contributed by atoms with E-state index in [0.717, 1.165) is 17.1 Å². The zero-order valence-electron chi connectivity index (χ0n) is 15.4. The molecule has 0 saturated heterocycles. The van der Waals surface area contributed by atoms with Gasteiger partial charge in [-0.25, -0.2) is 0 Å². The number of aliphatic imine (C=N–C) groups is 1. The second-order valence-corrected chi connectivity index (χ2v) is 7.23. The van der Waals surface area contributed by atoms with E-state index in [1.165, 1.54) is 64.2 Å². The molecule has 2 aliphatic rings. The topological polar surface area (TPSA) is 33.6 Å². The highest BCUT2D eigenvalue weighted by Gasteiger charge is 2.16. The van der Waals surface area contributed by atoms with E-state index >= 15 is 0 Å². The summed E-state index contributed by atoms with van der Waals surface area (Å²) in [5, 5.41) is 3.65. The van der Waals surface area contributed by atoms with Gasteiger partial charge in [-0.2, -0.15) is 0 Å². The number of nitrogens with zero attached hydrogens (tertiary/aromatic N) is 1. The van der Waals surface area contributed by atoms with Gasteiger partial charge >= 0.3 is 0 Å². The Labute approximate surface area is 152 Å². The SMILES string of the molecule is COc1ccc(C#CC(=NC2CCCCC2)NC2CCCCC2)cc1. The number of rotatable bonds is 3. The molecule has 0 bridgehead atoms. The van der Waals surface area contributed by atoms with Gasteiger partial charge in [-0.15, -0.1) is 0 Å². The van der Waals surface area contributed by atoms with Crippen LogP contribution in [0.3, 0.4) is 0 Å². The maximum Gasteiger partial charge on any atom is 0.174 e. The summed E-state index contributed by atoms with van der Waals surface area (Å²) in [6.45, 7) is 0. The molecule has 3 heteroatoms. The highest BCUT2D eigenvalue weighted by atomic mass is 16.5. The van der Waals surface area contributed by atoms with Crippen LogP contribution in [0.4, 0.5) is 0 Å². The normalized spacial score (nSPS) is 19.8. The summed E-state index contributed by atoms with van der Waals surface area (Å²) in [4.78, 5) is 4.99. The fourth-order valence-electron chi connectivity index (χ4n) is 3.74. The summed E-state index contributed by atoms with van der Waals surface area (Å²) >= 11 is 0. The van der Waals surface area contributed by atoms with Gasteiger partial charge < -0.3 is 10.1 Å². The van der Waals surface area contributed by atoms with E-state index in [0.29, 0.717) is 12.1 Å². The van der Waals surface area contributed by atoms with Gasteiger partial charge in [0.05, 0.1) is 13.2 Å². The molecule has 0 atom stereocenters. The summed E-state index contributed by atoms with van der Waals surface area (Å²) in [7, 11) is 1.68. The fraction of sp³-hybridized carbons (Fsp3) is 0.591. The van der Waals surface area contributed by atoms with Crippen molar-refractivity contribution in [3.8, 4) is 17.6 Å². The molecule has 3 rings (SSSR count). The minimum Gasteiger partial charge on any atom is -0.497 e. The van der Waals surface area contributed by atoms with Gasteiger partial charge in [-0.1, -0.05) is 44.4 Å². The third-order valence-electron chi connectivity index (χ3n) is 5.25. The molecule has 2 aliphatic carbocycles. The highest BCUT2D eigenvalue weighted by molar-refractivity contribution is 5.99. The maximum absolute atomic E-state index is 5.21. The third kappa shape index (κ3) is 5.81. The van der Waals surface area contributed by atoms with Crippen LogP contribution in [0.1, 0.15) is 69.8 Å². The monoisotopic (exact) mass is 338 g/mol. The van der Waals surface area contributed by atoms with E-state index in [4.69, 9.17) is 9.73 Å². The van der Waals surface area contributed by atoms with Gasteiger partial charge in [0.15, 0.2) is 5.84 Å². The van der Waals surface area contributed by atoms with E-state index in [1.54, 1.807) is 7.11 Å². The fourth-order valence-corrected chi connectivity index (χ4v) is 3.74. The Morgan fingerprint density at radius 1 is 0.960 bits per heavy atom. The molecule has 3 nitrogen and oxygen atoms in total. The lowest BCUT2D eigenvalue weighted by molar-refractivity contribution is 0.409. The van der Waals surface area contributed by atoms with E-state index in [9.17, 15) is 0 Å². The van der Waals surface area contributed by atoms with E-state index in [-0.39, 0.29) is 0 Å². The molecule has 0 amide bonds. The number of nitrogens with one attached hydrogen (secondary N) is 1. The summed E-state index contributed by atoms with van der Waals surface area (Å²) < 4.78 is 5.21. The van der Waals surface area contributed by atoms with Gasteiger partial charge in [-0.05, 0) is 55.9 Å². The van der Waals surface area contributed by atoms with Crippen molar-refractivity contribution in [1.82, 2.24) is 5.32 Å². The van der Waals surface area contributed by atoms with Crippen LogP contribution in [0.2, 0.25) is 0 Å². The second-order valence-electron chi connectivity index (χ2n) is 7.23. The quantitative estimate of drug-likeness (QED) is 0.492. The molecule has 0 spiro atoms. The first kappa shape index (κ1) is 17.9. The first-order valence-electron chi connectivity index (χ1n) is 9.84. The summed E-state index contributed by atoms with van der Waals surface area (Å²) in [6.07, 6.45) is 12.9. The largest absolute Gasteiger partial charge is 0.497 e. The Balaban J connectivity index is 1.72. The maximum atomic E-state index is 5.21. The van der Waals surface area contributed by atoms with Gasteiger partial charge in [0, 0.05) is 11.6 Å². The van der Waals surface area contributed by atoms with Gasteiger partial charge in [0.25, 0.3) is 0 Å². The van der Waals surface area contributed by atoms with Crippen molar-refractivity contribution in [1.29, 1.82) is 0 Å². The van der Waals surface area contributed by atoms with Crippen LogP contribution in [0.25, 0.3) is 0 Å². The number of ether oxygens (including phenoxy) is 1. The Hall–Kier alpha value is -1.95. The zero-order valence-corrected chi connectivity index (χ0v) is 15.4. The Bertz CT molecular complexity index is 612. The highest BCUT2D eigenvalue weighted by Crippen LogP contribution is 2.21. The average Bonchev–Trinajstić information content (AvgIpc) is 2.68. The predicted molar refractivity (Wildman–Crippen MR) is 104 cm³/mol. The standard InChI is InChI=1S/C22H30N2O/c1-25-21-15-12-18(13-16-21)14-17-22(23-19-8-4-2-5-9-19)24-20-10-6-3-7-11-20/h12-13,15-16,19-20H,2-11H2,1H3,(H,23,24). The Morgan fingerprint density at radius 3 is 2.24 bits per heavy atom. The van der Waals surface area contributed by atoms with E-state index in [1.807, 2.05) is 24.3 Å². The van der Waals surface area contributed by atoms with Crippen molar-refractivity contribution in [2.24, 2.45) is 4.99 Å². The van der Waals surface area contributed by atoms with Crippen molar-refractivity contribution in [2.45, 2.75) is 76.3 Å². The molecular formula is C22H30N2O. The minimum atomic E-state index is 0.449. The van der Waals surface area contributed by atoms with Crippen molar-refractivity contribution < 1.29 is 4.74 Å². The smallest absolute Gasteiger partial charge is 0.174 e. The Kier molecular flexibility index (Phi) is 6.79. The average molecular weight is 338 g/mol. The molecular weight excluding hydrogens is 308 g/mol. The Morgan fingerprint density at radius 2 is 1.60 bits per heavy atom. The molecule has 0 aliphatic heterocycles. The first-order valence-corrected chi connectivity index (χ1v) is 9.84. The van der Waals surface area contributed by atoms with Crippen LogP contribution in [0, 0.1) is 11.8 Å².